The van der Waals surface area contributed by atoms with Crippen LogP contribution in [0.25, 0.3) is 0 Å². The molecule has 1 aromatic rings. The van der Waals surface area contributed by atoms with Crippen molar-refractivity contribution in [2.75, 3.05) is 24.5 Å². The van der Waals surface area contributed by atoms with E-state index in [1.54, 1.807) is 0 Å². The van der Waals surface area contributed by atoms with Crippen LogP contribution in [0.3, 0.4) is 0 Å². The van der Waals surface area contributed by atoms with Crippen molar-refractivity contribution in [3.05, 3.63) is 28.8 Å². The Hall–Kier alpha value is -1.75. The lowest BCUT2D eigenvalue weighted by molar-refractivity contribution is -0.135. The van der Waals surface area contributed by atoms with E-state index in [-0.39, 0.29) is 23.8 Å². The average Bonchev–Trinajstić information content (AvgIpc) is 2.99. The first-order valence-corrected chi connectivity index (χ1v) is 8.49. The minimum Gasteiger partial charge on any atom is -0.369 e. The molecule has 2 amide bonds. The number of carbonyl (C=O) groups excluding carboxylic acids is 2. The number of carbonyl (C=O) groups is 2. The molecule has 1 fully saturated rings. The van der Waals surface area contributed by atoms with E-state index in [0.717, 1.165) is 29.2 Å². The smallest absolute Gasteiger partial charge is 0.244 e. The van der Waals surface area contributed by atoms with Gasteiger partial charge in [0, 0.05) is 36.3 Å². The van der Waals surface area contributed by atoms with Crippen molar-refractivity contribution in [2.45, 2.75) is 32.2 Å². The third-order valence-electron chi connectivity index (χ3n) is 5.04. The number of halogens is 1. The number of anilines is 1. The molecule has 2 aliphatic rings. The number of nitrogens with two attached hydrogens (primary N) is 1. The SMILES string of the molecule is C[C@@H](C(=O)N1CCC(C(N)=O)CC1)N1CCc2c(Cl)cccc21. The second-order valence-electron chi connectivity index (χ2n) is 6.36. The van der Waals surface area contributed by atoms with Gasteiger partial charge in [0.05, 0.1) is 0 Å². The predicted octanol–water partition coefficient (Wildman–Crippen LogP) is 1.81. The van der Waals surface area contributed by atoms with Gasteiger partial charge in [0.15, 0.2) is 0 Å². The van der Waals surface area contributed by atoms with Crippen LogP contribution in [0.5, 0.6) is 0 Å². The summed E-state index contributed by atoms with van der Waals surface area (Å²) < 4.78 is 0. The van der Waals surface area contributed by atoms with Crippen molar-refractivity contribution in [1.82, 2.24) is 4.90 Å². The van der Waals surface area contributed by atoms with E-state index in [1.165, 1.54) is 0 Å². The first-order chi connectivity index (χ1) is 11.0. The van der Waals surface area contributed by atoms with E-state index in [4.69, 9.17) is 17.3 Å². The number of fused-ring (bicyclic) bond motifs is 1. The molecule has 0 saturated carbocycles. The molecule has 0 spiro atoms. The number of benzene rings is 1. The minimum absolute atomic E-state index is 0.0966. The lowest BCUT2D eigenvalue weighted by Crippen LogP contribution is -2.50. The molecule has 1 aromatic carbocycles. The van der Waals surface area contributed by atoms with Crippen molar-refractivity contribution < 1.29 is 9.59 Å². The van der Waals surface area contributed by atoms with Crippen LogP contribution in [-0.2, 0) is 16.0 Å². The summed E-state index contributed by atoms with van der Waals surface area (Å²) in [5.41, 5.74) is 7.54. The largest absolute Gasteiger partial charge is 0.369 e. The molecule has 2 N–H and O–H groups in total. The third kappa shape index (κ3) is 3.02. The Morgan fingerprint density at radius 1 is 1.26 bits per heavy atom. The molecule has 0 aliphatic carbocycles. The molecule has 0 radical (unpaired) electrons. The molecule has 5 nitrogen and oxygen atoms in total. The van der Waals surface area contributed by atoms with Gasteiger partial charge in [-0.25, -0.2) is 0 Å². The summed E-state index contributed by atoms with van der Waals surface area (Å²) in [6.07, 6.45) is 2.20. The minimum atomic E-state index is -0.256. The maximum absolute atomic E-state index is 12.8. The van der Waals surface area contributed by atoms with Crippen molar-refractivity contribution in [3.8, 4) is 0 Å². The second kappa shape index (κ2) is 6.40. The Morgan fingerprint density at radius 3 is 2.61 bits per heavy atom. The van der Waals surface area contributed by atoms with Crippen LogP contribution in [0.1, 0.15) is 25.3 Å². The van der Waals surface area contributed by atoms with Gasteiger partial charge in [0.2, 0.25) is 11.8 Å². The fraction of sp³-hybridized carbons (Fsp3) is 0.529. The first kappa shape index (κ1) is 16.1. The number of nitrogens with zero attached hydrogens (tertiary/aromatic N) is 2. The Morgan fingerprint density at radius 2 is 1.96 bits per heavy atom. The number of primary amides is 1. The molecule has 0 aromatic heterocycles. The lowest BCUT2D eigenvalue weighted by atomic mass is 9.96. The van der Waals surface area contributed by atoms with E-state index >= 15 is 0 Å². The van der Waals surface area contributed by atoms with Gasteiger partial charge < -0.3 is 15.5 Å². The van der Waals surface area contributed by atoms with Crippen LogP contribution < -0.4 is 10.6 Å². The predicted molar refractivity (Wildman–Crippen MR) is 90.5 cm³/mol. The summed E-state index contributed by atoms with van der Waals surface area (Å²) in [7, 11) is 0. The van der Waals surface area contributed by atoms with Gasteiger partial charge in [0.25, 0.3) is 0 Å². The summed E-state index contributed by atoms with van der Waals surface area (Å²) in [6, 6.07) is 5.62. The summed E-state index contributed by atoms with van der Waals surface area (Å²) in [5.74, 6) is -0.241. The van der Waals surface area contributed by atoms with E-state index < -0.39 is 0 Å². The van der Waals surface area contributed by atoms with Crippen molar-refractivity contribution in [1.29, 1.82) is 0 Å². The van der Waals surface area contributed by atoms with Gasteiger partial charge in [0.1, 0.15) is 6.04 Å². The van der Waals surface area contributed by atoms with Crippen LogP contribution in [0.2, 0.25) is 5.02 Å². The van der Waals surface area contributed by atoms with Crippen molar-refractivity contribution in [3.63, 3.8) is 0 Å². The summed E-state index contributed by atoms with van der Waals surface area (Å²) in [4.78, 5) is 28.0. The number of hydrogen-bond donors (Lipinski definition) is 1. The molecular formula is C17H22ClN3O2. The molecule has 23 heavy (non-hydrogen) atoms. The zero-order valence-electron chi connectivity index (χ0n) is 13.3. The van der Waals surface area contributed by atoms with Crippen LogP contribution in [0.15, 0.2) is 18.2 Å². The summed E-state index contributed by atoms with van der Waals surface area (Å²) >= 11 is 6.25. The Balaban J connectivity index is 1.68. The molecule has 124 valence electrons. The Kier molecular flexibility index (Phi) is 4.48. The van der Waals surface area contributed by atoms with E-state index in [1.807, 2.05) is 30.0 Å². The van der Waals surface area contributed by atoms with Crippen molar-refractivity contribution >= 4 is 29.1 Å². The highest BCUT2D eigenvalue weighted by Gasteiger charge is 2.33. The highest BCUT2D eigenvalue weighted by atomic mass is 35.5. The van der Waals surface area contributed by atoms with Gasteiger partial charge >= 0.3 is 0 Å². The Bertz CT molecular complexity index is 626. The van der Waals surface area contributed by atoms with Gasteiger partial charge in [-0.15, -0.1) is 0 Å². The molecule has 1 atom stereocenters. The molecule has 2 aliphatic heterocycles. The molecule has 3 rings (SSSR count). The fourth-order valence-corrected chi connectivity index (χ4v) is 3.86. The molecule has 0 bridgehead atoms. The monoisotopic (exact) mass is 335 g/mol. The van der Waals surface area contributed by atoms with Crippen LogP contribution in [0, 0.1) is 5.92 Å². The van der Waals surface area contributed by atoms with Crippen LogP contribution in [0.4, 0.5) is 5.69 Å². The second-order valence-corrected chi connectivity index (χ2v) is 6.77. The van der Waals surface area contributed by atoms with E-state index in [0.29, 0.717) is 25.9 Å². The quantitative estimate of drug-likeness (QED) is 0.916. The molecule has 6 heteroatoms. The summed E-state index contributed by atoms with van der Waals surface area (Å²) in [6.45, 7) is 3.96. The standard InChI is InChI=1S/C17H22ClN3O2/c1-11(17(23)20-8-5-12(6-9-20)16(19)22)21-10-7-13-14(18)3-2-4-15(13)21/h2-4,11-12H,5-10H2,1H3,(H2,19,22)/t11-/m0/s1. The van der Waals surface area contributed by atoms with E-state index in [9.17, 15) is 9.59 Å². The number of piperidine rings is 1. The zero-order valence-corrected chi connectivity index (χ0v) is 14.1. The molecular weight excluding hydrogens is 314 g/mol. The number of rotatable bonds is 3. The highest BCUT2D eigenvalue weighted by Crippen LogP contribution is 2.35. The fourth-order valence-electron chi connectivity index (χ4n) is 3.60. The third-order valence-corrected chi connectivity index (χ3v) is 5.39. The average molecular weight is 336 g/mol. The highest BCUT2D eigenvalue weighted by molar-refractivity contribution is 6.31. The molecule has 1 saturated heterocycles. The topological polar surface area (TPSA) is 66.6 Å². The first-order valence-electron chi connectivity index (χ1n) is 8.11. The number of amides is 2. The van der Waals surface area contributed by atoms with Gasteiger partial charge in [-0.2, -0.15) is 0 Å². The van der Waals surface area contributed by atoms with Crippen LogP contribution >= 0.6 is 11.6 Å². The normalized spacial score (nSPS) is 19.6. The zero-order chi connectivity index (χ0) is 16.6. The van der Waals surface area contributed by atoms with Gasteiger partial charge in [-0.05, 0) is 43.9 Å². The number of likely N-dealkylation sites (tertiary alicyclic amines) is 1. The molecule has 0 unspecified atom stereocenters. The summed E-state index contributed by atoms with van der Waals surface area (Å²) in [5, 5.41) is 0.770. The van der Waals surface area contributed by atoms with Crippen LogP contribution in [-0.4, -0.2) is 42.4 Å². The number of hydrogen-bond acceptors (Lipinski definition) is 3. The van der Waals surface area contributed by atoms with Gasteiger partial charge in [-0.3, -0.25) is 9.59 Å². The maximum atomic E-state index is 12.8. The van der Waals surface area contributed by atoms with Gasteiger partial charge in [-0.1, -0.05) is 17.7 Å². The lowest BCUT2D eigenvalue weighted by Gasteiger charge is -2.35. The maximum Gasteiger partial charge on any atom is 0.244 e. The van der Waals surface area contributed by atoms with E-state index in [2.05, 4.69) is 4.90 Å². The Labute approximate surface area is 141 Å². The molecule has 2 heterocycles. The van der Waals surface area contributed by atoms with Crippen molar-refractivity contribution in [2.24, 2.45) is 11.7 Å².